The zero-order valence-corrected chi connectivity index (χ0v) is 10.1. The smallest absolute Gasteiger partial charge is 0.248 e. The monoisotopic (exact) mass is 220 g/mol. The third kappa shape index (κ3) is 2.19. The maximum atomic E-state index is 11.2. The van der Waals surface area contributed by atoms with Crippen LogP contribution in [0.25, 0.3) is 0 Å². The molecule has 0 amide bonds. The molecule has 16 heavy (non-hydrogen) atoms. The Balaban J connectivity index is 2.30. The standard InChI is InChI=1S/C13H20N2O/c1-3-15-9-5-4-6-12(15)11-7-8-13(16)14-10(11)2/h7-8,12H,3-6,9H2,1-2H3,(H,14,16)/t12-/m0/s1. The first-order valence-corrected chi connectivity index (χ1v) is 6.16. The molecular weight excluding hydrogens is 200 g/mol. The molecule has 1 aliphatic rings. The van der Waals surface area contributed by atoms with E-state index in [2.05, 4.69) is 16.8 Å². The molecule has 0 spiro atoms. The second-order valence-corrected chi connectivity index (χ2v) is 4.54. The minimum absolute atomic E-state index is 0.0000999. The fourth-order valence-corrected chi connectivity index (χ4v) is 2.67. The van der Waals surface area contributed by atoms with Gasteiger partial charge in [-0.05, 0) is 38.4 Å². The van der Waals surface area contributed by atoms with Gasteiger partial charge in [0.25, 0.3) is 0 Å². The lowest BCUT2D eigenvalue weighted by Crippen LogP contribution is -2.34. The van der Waals surface area contributed by atoms with Crippen molar-refractivity contribution < 1.29 is 0 Å². The van der Waals surface area contributed by atoms with Gasteiger partial charge in [0.1, 0.15) is 0 Å². The van der Waals surface area contributed by atoms with Crippen molar-refractivity contribution in [3.8, 4) is 0 Å². The van der Waals surface area contributed by atoms with Crippen molar-refractivity contribution in [3.05, 3.63) is 33.7 Å². The van der Waals surface area contributed by atoms with E-state index in [0.717, 1.165) is 12.2 Å². The minimum Gasteiger partial charge on any atom is -0.326 e. The van der Waals surface area contributed by atoms with E-state index in [9.17, 15) is 4.79 Å². The summed E-state index contributed by atoms with van der Waals surface area (Å²) in [6.45, 7) is 6.47. The summed E-state index contributed by atoms with van der Waals surface area (Å²) in [6.07, 6.45) is 3.80. The number of pyridine rings is 1. The zero-order chi connectivity index (χ0) is 11.5. The van der Waals surface area contributed by atoms with E-state index in [1.165, 1.54) is 31.4 Å². The number of aryl methyl sites for hydroxylation is 1. The molecule has 0 unspecified atom stereocenters. The van der Waals surface area contributed by atoms with Crippen molar-refractivity contribution in [2.45, 2.75) is 39.2 Å². The highest BCUT2D eigenvalue weighted by Gasteiger charge is 2.23. The molecule has 2 rings (SSSR count). The predicted molar refractivity (Wildman–Crippen MR) is 65.6 cm³/mol. The summed E-state index contributed by atoms with van der Waals surface area (Å²) in [4.78, 5) is 16.6. The molecule has 1 aliphatic heterocycles. The number of likely N-dealkylation sites (tertiary alicyclic amines) is 1. The Morgan fingerprint density at radius 3 is 2.94 bits per heavy atom. The Kier molecular flexibility index (Phi) is 3.44. The highest BCUT2D eigenvalue weighted by Crippen LogP contribution is 2.31. The molecule has 0 aliphatic carbocycles. The molecule has 1 aromatic heterocycles. The number of nitrogens with one attached hydrogen (secondary N) is 1. The van der Waals surface area contributed by atoms with E-state index in [-0.39, 0.29) is 5.56 Å². The van der Waals surface area contributed by atoms with Gasteiger partial charge in [-0.25, -0.2) is 0 Å². The summed E-state index contributed by atoms with van der Waals surface area (Å²) in [5, 5.41) is 0. The Labute approximate surface area is 96.5 Å². The lowest BCUT2D eigenvalue weighted by molar-refractivity contribution is 0.156. The topological polar surface area (TPSA) is 36.1 Å². The molecule has 0 bridgehead atoms. The number of hydrogen-bond acceptors (Lipinski definition) is 2. The van der Waals surface area contributed by atoms with Gasteiger partial charge < -0.3 is 4.98 Å². The molecule has 1 N–H and O–H groups in total. The second kappa shape index (κ2) is 4.83. The Bertz CT molecular complexity index is 411. The van der Waals surface area contributed by atoms with Crippen LogP contribution < -0.4 is 5.56 Å². The molecule has 1 aromatic rings. The molecule has 88 valence electrons. The molecule has 3 heteroatoms. The predicted octanol–water partition coefficient (Wildman–Crippen LogP) is 2.23. The van der Waals surface area contributed by atoms with Crippen molar-refractivity contribution in [3.63, 3.8) is 0 Å². The summed E-state index contributed by atoms with van der Waals surface area (Å²) in [6, 6.07) is 4.13. The average Bonchev–Trinajstić information content (AvgIpc) is 2.29. The van der Waals surface area contributed by atoms with E-state index < -0.39 is 0 Å². The maximum Gasteiger partial charge on any atom is 0.248 e. The number of nitrogens with zero attached hydrogens (tertiary/aromatic N) is 1. The Morgan fingerprint density at radius 1 is 1.44 bits per heavy atom. The van der Waals surface area contributed by atoms with Gasteiger partial charge in [0.2, 0.25) is 5.56 Å². The van der Waals surface area contributed by atoms with Crippen LogP contribution in [-0.4, -0.2) is 23.0 Å². The summed E-state index contributed by atoms with van der Waals surface area (Å²) in [5.41, 5.74) is 2.32. The van der Waals surface area contributed by atoms with Crippen molar-refractivity contribution in [1.29, 1.82) is 0 Å². The highest BCUT2D eigenvalue weighted by atomic mass is 16.1. The molecule has 1 saturated heterocycles. The fraction of sp³-hybridized carbons (Fsp3) is 0.615. The summed E-state index contributed by atoms with van der Waals surface area (Å²) >= 11 is 0. The van der Waals surface area contributed by atoms with E-state index in [0.29, 0.717) is 6.04 Å². The lowest BCUT2D eigenvalue weighted by Gasteiger charge is -2.35. The molecule has 3 nitrogen and oxygen atoms in total. The first-order valence-electron chi connectivity index (χ1n) is 6.16. The van der Waals surface area contributed by atoms with Crippen LogP contribution in [0.15, 0.2) is 16.9 Å². The van der Waals surface area contributed by atoms with Crippen LogP contribution in [0.3, 0.4) is 0 Å². The van der Waals surface area contributed by atoms with E-state index in [4.69, 9.17) is 0 Å². The molecule has 0 radical (unpaired) electrons. The molecule has 1 fully saturated rings. The van der Waals surface area contributed by atoms with Crippen LogP contribution in [0.5, 0.6) is 0 Å². The third-order valence-corrected chi connectivity index (χ3v) is 3.54. The van der Waals surface area contributed by atoms with E-state index in [1.54, 1.807) is 6.07 Å². The fourth-order valence-electron chi connectivity index (χ4n) is 2.67. The number of hydrogen-bond donors (Lipinski definition) is 1. The van der Waals surface area contributed by atoms with Gasteiger partial charge in [-0.3, -0.25) is 9.69 Å². The summed E-state index contributed by atoms with van der Waals surface area (Å²) in [5.74, 6) is 0. The number of H-pyrrole nitrogens is 1. The van der Waals surface area contributed by atoms with Gasteiger partial charge in [0.15, 0.2) is 0 Å². The number of rotatable bonds is 2. The van der Waals surface area contributed by atoms with Crippen LogP contribution in [0, 0.1) is 6.92 Å². The molecule has 0 aromatic carbocycles. The van der Waals surface area contributed by atoms with E-state index in [1.807, 2.05) is 13.0 Å². The third-order valence-electron chi connectivity index (χ3n) is 3.54. The first-order chi connectivity index (χ1) is 7.72. The van der Waals surface area contributed by atoms with Crippen LogP contribution in [0.2, 0.25) is 0 Å². The SMILES string of the molecule is CCN1CCCC[C@H]1c1ccc(=O)[nH]c1C. The van der Waals surface area contributed by atoms with Gasteiger partial charge in [0, 0.05) is 17.8 Å². The van der Waals surface area contributed by atoms with Crippen molar-refractivity contribution >= 4 is 0 Å². The van der Waals surface area contributed by atoms with Crippen LogP contribution >= 0.6 is 0 Å². The second-order valence-electron chi connectivity index (χ2n) is 4.54. The minimum atomic E-state index is 0.0000999. The first kappa shape index (κ1) is 11.4. The van der Waals surface area contributed by atoms with Gasteiger partial charge in [0.05, 0.1) is 0 Å². The van der Waals surface area contributed by atoms with Crippen molar-refractivity contribution in [2.75, 3.05) is 13.1 Å². The van der Waals surface area contributed by atoms with Crippen LogP contribution in [0.1, 0.15) is 43.5 Å². The van der Waals surface area contributed by atoms with Gasteiger partial charge >= 0.3 is 0 Å². The molecule has 2 heterocycles. The van der Waals surface area contributed by atoms with E-state index >= 15 is 0 Å². The Morgan fingerprint density at radius 2 is 2.25 bits per heavy atom. The molecule has 1 atom stereocenters. The number of piperidine rings is 1. The maximum absolute atomic E-state index is 11.2. The molecule has 0 saturated carbocycles. The molecular formula is C13H20N2O. The largest absolute Gasteiger partial charge is 0.326 e. The van der Waals surface area contributed by atoms with Crippen LogP contribution in [0.4, 0.5) is 0 Å². The van der Waals surface area contributed by atoms with Crippen molar-refractivity contribution in [1.82, 2.24) is 9.88 Å². The van der Waals surface area contributed by atoms with Gasteiger partial charge in [-0.15, -0.1) is 0 Å². The highest BCUT2D eigenvalue weighted by molar-refractivity contribution is 5.23. The van der Waals surface area contributed by atoms with Crippen LogP contribution in [-0.2, 0) is 0 Å². The summed E-state index contributed by atoms with van der Waals surface area (Å²) in [7, 11) is 0. The quantitative estimate of drug-likeness (QED) is 0.829. The zero-order valence-electron chi connectivity index (χ0n) is 10.1. The summed E-state index contributed by atoms with van der Waals surface area (Å²) < 4.78 is 0. The van der Waals surface area contributed by atoms with Gasteiger partial charge in [-0.1, -0.05) is 19.4 Å². The number of aromatic nitrogens is 1. The van der Waals surface area contributed by atoms with Gasteiger partial charge in [-0.2, -0.15) is 0 Å². The Hall–Kier alpha value is -1.09. The lowest BCUT2D eigenvalue weighted by atomic mass is 9.94. The average molecular weight is 220 g/mol. The number of aromatic amines is 1. The normalized spacial score (nSPS) is 22.2. The van der Waals surface area contributed by atoms with Crippen molar-refractivity contribution in [2.24, 2.45) is 0 Å².